The lowest BCUT2D eigenvalue weighted by molar-refractivity contribution is 0.0790. The monoisotopic (exact) mass is 308 g/mol. The van der Waals surface area contributed by atoms with E-state index in [2.05, 4.69) is 17.2 Å². The molecule has 0 saturated heterocycles. The number of nitrogens with zero attached hydrogens (tertiary/aromatic N) is 2. The number of hydrogen-bond acceptors (Lipinski definition) is 6. The number of aromatic nitrogens is 1. The molecular weight excluding hydrogens is 288 g/mol. The number of carbonyl (C=O) groups excluding carboxylic acids is 1. The number of thiazole rings is 1. The highest BCUT2D eigenvalue weighted by Gasteiger charge is 2.20. The molecule has 0 spiro atoms. The van der Waals surface area contributed by atoms with Crippen LogP contribution in [-0.2, 0) is 6.54 Å². The zero-order valence-electron chi connectivity index (χ0n) is 12.5. The molecule has 0 aliphatic heterocycles. The number of anilines is 2. The molecule has 0 unspecified atom stereocenters. The van der Waals surface area contributed by atoms with E-state index in [9.17, 15) is 4.79 Å². The predicted molar refractivity (Wildman–Crippen MR) is 84.5 cm³/mol. The van der Waals surface area contributed by atoms with Crippen molar-refractivity contribution in [3.63, 3.8) is 0 Å². The third-order valence-electron chi connectivity index (χ3n) is 3.09. The minimum absolute atomic E-state index is 0.129. The van der Waals surface area contributed by atoms with Gasteiger partial charge in [0, 0.05) is 25.7 Å². The lowest BCUT2D eigenvalue weighted by Crippen LogP contribution is -2.26. The molecule has 1 amide bonds. The van der Waals surface area contributed by atoms with Crippen LogP contribution in [-0.4, -0.2) is 29.4 Å². The summed E-state index contributed by atoms with van der Waals surface area (Å²) in [6.07, 6.45) is 2.61. The van der Waals surface area contributed by atoms with E-state index >= 15 is 0 Å². The largest absolute Gasteiger partial charge is 0.469 e. The molecule has 21 heavy (non-hydrogen) atoms. The van der Waals surface area contributed by atoms with Crippen LogP contribution in [0.2, 0.25) is 0 Å². The highest BCUT2D eigenvalue weighted by Crippen LogP contribution is 2.26. The van der Waals surface area contributed by atoms with Crippen molar-refractivity contribution in [3.8, 4) is 0 Å². The van der Waals surface area contributed by atoms with E-state index in [-0.39, 0.29) is 11.7 Å². The molecule has 114 valence electrons. The number of rotatable bonds is 6. The third kappa shape index (κ3) is 3.55. The van der Waals surface area contributed by atoms with Gasteiger partial charge in [-0.25, -0.2) is 4.98 Å². The highest BCUT2D eigenvalue weighted by atomic mass is 32.1. The number of hydrogen-bond donors (Lipinski definition) is 2. The van der Waals surface area contributed by atoms with Crippen molar-refractivity contribution in [3.05, 3.63) is 28.5 Å². The fourth-order valence-corrected chi connectivity index (χ4v) is 2.77. The van der Waals surface area contributed by atoms with Crippen molar-refractivity contribution in [2.24, 2.45) is 0 Å². The number of nitrogens with two attached hydrogens (primary N) is 1. The van der Waals surface area contributed by atoms with Crippen molar-refractivity contribution in [1.29, 1.82) is 0 Å². The molecule has 3 N–H and O–H groups in total. The van der Waals surface area contributed by atoms with Crippen LogP contribution < -0.4 is 11.1 Å². The Morgan fingerprint density at radius 3 is 2.95 bits per heavy atom. The van der Waals surface area contributed by atoms with Gasteiger partial charge in [-0.1, -0.05) is 18.3 Å². The van der Waals surface area contributed by atoms with Crippen LogP contribution >= 0.6 is 11.3 Å². The zero-order valence-corrected chi connectivity index (χ0v) is 13.3. The molecule has 2 aromatic heterocycles. The van der Waals surface area contributed by atoms with E-state index in [4.69, 9.17) is 10.2 Å². The van der Waals surface area contributed by atoms with Gasteiger partial charge in [-0.3, -0.25) is 4.79 Å². The smallest absolute Gasteiger partial charge is 0.267 e. The SMILES string of the molecule is CCCNc1nc(N)c(C(=O)N(C)Cc2ccoc2C)s1. The van der Waals surface area contributed by atoms with Gasteiger partial charge < -0.3 is 20.4 Å². The third-order valence-corrected chi connectivity index (χ3v) is 4.11. The first-order chi connectivity index (χ1) is 10.0. The molecular formula is C14H20N4O2S. The topological polar surface area (TPSA) is 84.4 Å². The standard InChI is InChI=1S/C14H20N4O2S/c1-4-6-16-14-17-12(15)11(21-14)13(19)18(3)8-10-5-7-20-9(10)2/h5,7H,4,6,8,15H2,1-3H3,(H,16,17). The Bertz CT molecular complexity index is 620. The first-order valence-corrected chi connectivity index (χ1v) is 7.63. The van der Waals surface area contributed by atoms with Gasteiger partial charge in [0.2, 0.25) is 0 Å². The van der Waals surface area contributed by atoms with Gasteiger partial charge in [-0.05, 0) is 19.4 Å². The van der Waals surface area contributed by atoms with E-state index in [1.54, 1.807) is 18.2 Å². The molecule has 0 aromatic carbocycles. The van der Waals surface area contributed by atoms with E-state index < -0.39 is 0 Å². The lowest BCUT2D eigenvalue weighted by atomic mass is 10.2. The molecule has 6 nitrogen and oxygen atoms in total. The molecule has 0 aliphatic rings. The Morgan fingerprint density at radius 2 is 2.33 bits per heavy atom. The number of nitrogens with one attached hydrogen (secondary N) is 1. The Kier molecular flexibility index (Phi) is 4.85. The van der Waals surface area contributed by atoms with Gasteiger partial charge in [-0.15, -0.1) is 0 Å². The van der Waals surface area contributed by atoms with Gasteiger partial charge >= 0.3 is 0 Å². The average molecular weight is 308 g/mol. The molecule has 0 radical (unpaired) electrons. The average Bonchev–Trinajstić information content (AvgIpc) is 3.02. The van der Waals surface area contributed by atoms with Crippen LogP contribution in [0.15, 0.2) is 16.7 Å². The van der Waals surface area contributed by atoms with Crippen molar-refractivity contribution >= 4 is 28.2 Å². The number of nitrogen functional groups attached to an aromatic ring is 1. The van der Waals surface area contributed by atoms with Crippen LogP contribution in [0.1, 0.15) is 34.3 Å². The first-order valence-electron chi connectivity index (χ1n) is 6.81. The fraction of sp³-hybridized carbons (Fsp3) is 0.429. The molecule has 0 fully saturated rings. The second kappa shape index (κ2) is 6.62. The maximum Gasteiger partial charge on any atom is 0.267 e. The molecule has 0 aliphatic carbocycles. The molecule has 0 atom stereocenters. The normalized spacial score (nSPS) is 10.6. The van der Waals surface area contributed by atoms with Crippen LogP contribution in [0.25, 0.3) is 0 Å². The summed E-state index contributed by atoms with van der Waals surface area (Å²) >= 11 is 1.29. The number of aryl methyl sites for hydroxylation is 1. The van der Waals surface area contributed by atoms with E-state index in [1.165, 1.54) is 11.3 Å². The van der Waals surface area contributed by atoms with Gasteiger partial charge in [0.1, 0.15) is 16.5 Å². The molecule has 2 rings (SSSR count). The second-order valence-corrected chi connectivity index (χ2v) is 5.82. The number of furan rings is 1. The molecule has 0 bridgehead atoms. The van der Waals surface area contributed by atoms with Crippen molar-refractivity contribution in [1.82, 2.24) is 9.88 Å². The van der Waals surface area contributed by atoms with E-state index in [0.29, 0.717) is 16.6 Å². The van der Waals surface area contributed by atoms with Gasteiger partial charge in [0.25, 0.3) is 5.91 Å². The van der Waals surface area contributed by atoms with Crippen molar-refractivity contribution in [2.75, 3.05) is 24.6 Å². The second-order valence-electron chi connectivity index (χ2n) is 4.82. The summed E-state index contributed by atoms with van der Waals surface area (Å²) in [5.41, 5.74) is 6.83. The Morgan fingerprint density at radius 1 is 1.57 bits per heavy atom. The fourth-order valence-electron chi connectivity index (χ4n) is 1.87. The van der Waals surface area contributed by atoms with Gasteiger partial charge in [-0.2, -0.15) is 0 Å². The Labute approximate surface area is 128 Å². The summed E-state index contributed by atoms with van der Waals surface area (Å²) in [6.45, 7) is 5.24. The van der Waals surface area contributed by atoms with Crippen LogP contribution in [0.5, 0.6) is 0 Å². The summed E-state index contributed by atoms with van der Waals surface area (Å²) in [5, 5.41) is 3.83. The molecule has 2 heterocycles. The van der Waals surface area contributed by atoms with Gasteiger partial charge in [0.05, 0.1) is 6.26 Å². The quantitative estimate of drug-likeness (QED) is 0.857. The molecule has 0 saturated carbocycles. The zero-order chi connectivity index (χ0) is 15.4. The number of carbonyl (C=O) groups is 1. The Hall–Kier alpha value is -2.02. The van der Waals surface area contributed by atoms with E-state index in [0.717, 1.165) is 24.3 Å². The maximum absolute atomic E-state index is 12.4. The summed E-state index contributed by atoms with van der Waals surface area (Å²) in [6, 6.07) is 1.86. The van der Waals surface area contributed by atoms with Crippen molar-refractivity contribution < 1.29 is 9.21 Å². The highest BCUT2D eigenvalue weighted by molar-refractivity contribution is 7.18. The lowest BCUT2D eigenvalue weighted by Gasteiger charge is -2.15. The molecule has 2 aromatic rings. The Balaban J connectivity index is 2.08. The molecule has 7 heteroatoms. The summed E-state index contributed by atoms with van der Waals surface area (Å²) in [4.78, 5) is 18.7. The minimum Gasteiger partial charge on any atom is -0.469 e. The van der Waals surface area contributed by atoms with Gasteiger partial charge in [0.15, 0.2) is 5.13 Å². The summed E-state index contributed by atoms with van der Waals surface area (Å²) in [5.74, 6) is 0.965. The predicted octanol–water partition coefficient (Wildman–Crippen LogP) is 2.72. The summed E-state index contributed by atoms with van der Waals surface area (Å²) < 4.78 is 5.24. The minimum atomic E-state index is -0.129. The van der Waals surface area contributed by atoms with Crippen LogP contribution in [0.4, 0.5) is 10.9 Å². The number of amides is 1. The van der Waals surface area contributed by atoms with E-state index in [1.807, 2.05) is 13.0 Å². The van der Waals surface area contributed by atoms with Crippen LogP contribution in [0.3, 0.4) is 0 Å². The first kappa shape index (κ1) is 15.4. The van der Waals surface area contributed by atoms with Crippen molar-refractivity contribution in [2.45, 2.75) is 26.8 Å². The maximum atomic E-state index is 12.4. The van der Waals surface area contributed by atoms with Crippen LogP contribution in [0, 0.1) is 6.92 Å². The summed E-state index contributed by atoms with van der Waals surface area (Å²) in [7, 11) is 1.74.